The van der Waals surface area contributed by atoms with E-state index in [9.17, 15) is 5.11 Å². The van der Waals surface area contributed by atoms with Crippen molar-refractivity contribution in [2.45, 2.75) is 0 Å². The van der Waals surface area contributed by atoms with Gasteiger partial charge in [0.1, 0.15) is 23.7 Å². The Hall–Kier alpha value is -3.52. The normalized spacial score (nSPS) is 10.3. The summed E-state index contributed by atoms with van der Waals surface area (Å²) in [5.74, 6) is 0.853. The van der Waals surface area contributed by atoms with E-state index in [1.807, 2.05) is 30.3 Å². The Morgan fingerprint density at radius 1 is 1.17 bits per heavy atom. The molecule has 0 bridgehead atoms. The average molecular weight is 407 g/mol. The van der Waals surface area contributed by atoms with Crippen molar-refractivity contribution >= 4 is 35.0 Å². The predicted octanol–water partition coefficient (Wildman–Crippen LogP) is 3.89. The summed E-state index contributed by atoms with van der Waals surface area (Å²) < 4.78 is 2.11. The second kappa shape index (κ2) is 9.61. The summed E-state index contributed by atoms with van der Waals surface area (Å²) in [6, 6.07) is 16.4. The molecule has 0 aliphatic rings. The molecular weight excluding hydrogens is 384 g/mol. The van der Waals surface area contributed by atoms with Crippen LogP contribution < -0.4 is 15.4 Å². The number of hydrogen-bond donors (Lipinski definition) is 4. The molecule has 1 heterocycles. The number of nitrogens with zero attached hydrogens (tertiary/aromatic N) is 3. The summed E-state index contributed by atoms with van der Waals surface area (Å²) in [4.78, 5) is 8.31. The molecule has 0 fully saturated rings. The van der Waals surface area contributed by atoms with Gasteiger partial charge in [0.2, 0.25) is 0 Å². The van der Waals surface area contributed by atoms with Crippen molar-refractivity contribution in [1.29, 1.82) is 5.41 Å². The molecular formula is C21H22N6OS. The maximum Gasteiger partial charge on any atom is 0.141 e. The van der Waals surface area contributed by atoms with Gasteiger partial charge in [0.15, 0.2) is 0 Å². The Morgan fingerprint density at radius 3 is 2.59 bits per heavy atom. The molecule has 0 unspecified atom stereocenters. The molecule has 0 saturated heterocycles. The van der Waals surface area contributed by atoms with Crippen molar-refractivity contribution in [1.82, 2.24) is 9.97 Å². The number of benzene rings is 2. The molecule has 0 amide bonds. The third-order valence-electron chi connectivity index (χ3n) is 4.14. The van der Waals surface area contributed by atoms with E-state index in [0.29, 0.717) is 30.0 Å². The second-order valence-electron chi connectivity index (χ2n) is 6.04. The minimum atomic E-state index is 0.137. The van der Waals surface area contributed by atoms with Crippen molar-refractivity contribution in [2.75, 3.05) is 28.4 Å². The van der Waals surface area contributed by atoms with Gasteiger partial charge in [0.05, 0.1) is 11.3 Å². The van der Waals surface area contributed by atoms with Crippen LogP contribution >= 0.6 is 11.9 Å². The van der Waals surface area contributed by atoms with Crippen LogP contribution in [0.15, 0.2) is 72.9 Å². The zero-order valence-corrected chi connectivity index (χ0v) is 16.6. The largest absolute Gasteiger partial charge is 0.508 e. The van der Waals surface area contributed by atoms with Crippen LogP contribution in [0, 0.1) is 5.41 Å². The first kappa shape index (κ1) is 20.2. The van der Waals surface area contributed by atoms with Gasteiger partial charge in [-0.1, -0.05) is 24.8 Å². The molecule has 3 aromatic rings. The maximum atomic E-state index is 9.48. The van der Waals surface area contributed by atoms with Crippen LogP contribution in [0.2, 0.25) is 0 Å². The number of aromatic nitrogens is 2. The summed E-state index contributed by atoms with van der Waals surface area (Å²) in [5.41, 5.74) is 8.35. The van der Waals surface area contributed by atoms with Crippen LogP contribution in [0.5, 0.6) is 5.75 Å². The summed E-state index contributed by atoms with van der Waals surface area (Å²) in [5, 5.41) is 23.1. The highest BCUT2D eigenvalue weighted by atomic mass is 32.2. The van der Waals surface area contributed by atoms with Crippen LogP contribution in [-0.2, 0) is 0 Å². The molecule has 148 valence electrons. The molecule has 1 aromatic heterocycles. The van der Waals surface area contributed by atoms with Crippen LogP contribution in [0.1, 0.15) is 11.1 Å². The molecule has 8 heteroatoms. The third kappa shape index (κ3) is 5.05. The van der Waals surface area contributed by atoms with E-state index in [4.69, 9.17) is 11.1 Å². The molecule has 0 aliphatic carbocycles. The first-order valence-electron chi connectivity index (χ1n) is 8.93. The molecule has 7 nitrogen and oxygen atoms in total. The van der Waals surface area contributed by atoms with E-state index in [2.05, 4.69) is 26.2 Å². The molecule has 0 spiro atoms. The van der Waals surface area contributed by atoms with Gasteiger partial charge in [0.25, 0.3) is 0 Å². The fourth-order valence-corrected chi connectivity index (χ4v) is 3.37. The highest BCUT2D eigenvalue weighted by molar-refractivity contribution is 8.03. The Labute approximate surface area is 174 Å². The fraction of sp³-hybridized carbons (Fsp3) is 0.0952. The average Bonchev–Trinajstić information content (AvgIpc) is 2.74. The van der Waals surface area contributed by atoms with Crippen molar-refractivity contribution in [3.8, 4) is 5.75 Å². The highest BCUT2D eigenvalue weighted by Crippen LogP contribution is 2.24. The van der Waals surface area contributed by atoms with Gasteiger partial charge in [-0.15, -0.1) is 0 Å². The van der Waals surface area contributed by atoms with Crippen molar-refractivity contribution in [2.24, 2.45) is 0 Å². The van der Waals surface area contributed by atoms with Crippen LogP contribution in [-0.4, -0.2) is 33.9 Å². The number of phenols is 1. The van der Waals surface area contributed by atoms with Crippen molar-refractivity contribution in [3.05, 3.63) is 84.0 Å². The Balaban J connectivity index is 1.76. The molecule has 0 radical (unpaired) electrons. The minimum Gasteiger partial charge on any atom is -0.508 e. The first-order valence-corrected chi connectivity index (χ1v) is 9.76. The number of anilines is 3. The summed E-state index contributed by atoms with van der Waals surface area (Å²) in [6.07, 6.45) is 1.37. The number of nitrogens with two attached hydrogens (primary N) is 1. The number of nitrogens with one attached hydrogen (secondary N) is 2. The van der Waals surface area contributed by atoms with E-state index in [1.54, 1.807) is 17.5 Å². The van der Waals surface area contributed by atoms with Gasteiger partial charge in [-0.3, -0.25) is 5.41 Å². The lowest BCUT2D eigenvalue weighted by Crippen LogP contribution is -2.23. The minimum absolute atomic E-state index is 0.137. The smallest absolute Gasteiger partial charge is 0.141 e. The topological polar surface area (TPSA) is 111 Å². The summed E-state index contributed by atoms with van der Waals surface area (Å²) in [7, 11) is 0. The van der Waals surface area contributed by atoms with Crippen molar-refractivity contribution in [3.63, 3.8) is 0 Å². The Bertz CT molecular complexity index is 978. The van der Waals surface area contributed by atoms with Gasteiger partial charge >= 0.3 is 0 Å². The fourth-order valence-electron chi connectivity index (χ4n) is 2.75. The zero-order chi connectivity index (χ0) is 20.6. The van der Waals surface area contributed by atoms with Gasteiger partial charge in [0, 0.05) is 24.3 Å². The molecule has 0 saturated carbocycles. The van der Waals surface area contributed by atoms with Gasteiger partial charge in [-0.05, 0) is 53.8 Å². The lowest BCUT2D eigenvalue weighted by Gasteiger charge is -2.22. The second-order valence-corrected chi connectivity index (χ2v) is 7.03. The number of hydrogen-bond acceptors (Lipinski definition) is 8. The first-order chi connectivity index (χ1) is 14.1. The zero-order valence-electron chi connectivity index (χ0n) is 15.7. The molecule has 29 heavy (non-hydrogen) atoms. The summed E-state index contributed by atoms with van der Waals surface area (Å²) in [6.45, 7) is 5.05. The van der Waals surface area contributed by atoms with E-state index in [-0.39, 0.29) is 17.3 Å². The molecule has 0 aliphatic heterocycles. The third-order valence-corrected chi connectivity index (χ3v) is 4.93. The Kier molecular flexibility index (Phi) is 6.70. The van der Waals surface area contributed by atoms with Gasteiger partial charge in [-0.2, -0.15) is 0 Å². The van der Waals surface area contributed by atoms with Crippen LogP contribution in [0.3, 0.4) is 0 Å². The van der Waals surface area contributed by atoms with Crippen molar-refractivity contribution < 1.29 is 5.11 Å². The molecule has 2 aromatic carbocycles. The SMILES string of the molecule is C=CSN(CCNc1ncnc(N)c1C(=N)c1ccc(O)cc1)c1ccccc1. The number of aromatic hydroxyl groups is 1. The lowest BCUT2D eigenvalue weighted by molar-refractivity contribution is 0.475. The highest BCUT2D eigenvalue weighted by Gasteiger charge is 2.16. The number of para-hydroxylation sites is 1. The molecule has 0 atom stereocenters. The van der Waals surface area contributed by atoms with Gasteiger partial charge in [-0.25, -0.2) is 9.97 Å². The van der Waals surface area contributed by atoms with E-state index >= 15 is 0 Å². The standard InChI is InChI=1S/C21H22N6OS/c1-2-29-27(16-6-4-3-5-7-16)13-12-24-21-18(20(23)25-14-26-21)19(22)15-8-10-17(28)11-9-15/h2-11,14,22,28H,1,12-13H2,(H3,23,24,25,26). The number of rotatable bonds is 9. The monoisotopic (exact) mass is 406 g/mol. The van der Waals surface area contributed by atoms with E-state index < -0.39 is 0 Å². The number of phenolic OH excluding ortho intramolecular Hbond substituents is 1. The van der Waals surface area contributed by atoms with Crippen LogP contribution in [0.25, 0.3) is 0 Å². The predicted molar refractivity (Wildman–Crippen MR) is 121 cm³/mol. The number of nitrogen functional groups attached to an aromatic ring is 1. The lowest BCUT2D eigenvalue weighted by atomic mass is 10.0. The van der Waals surface area contributed by atoms with E-state index in [0.717, 1.165) is 5.69 Å². The quantitative estimate of drug-likeness (QED) is 0.315. The van der Waals surface area contributed by atoms with E-state index in [1.165, 1.54) is 30.4 Å². The Morgan fingerprint density at radius 2 is 1.90 bits per heavy atom. The maximum absolute atomic E-state index is 9.48. The van der Waals surface area contributed by atoms with Crippen LogP contribution in [0.4, 0.5) is 17.3 Å². The molecule has 5 N–H and O–H groups in total. The van der Waals surface area contributed by atoms with Gasteiger partial charge < -0.3 is 20.5 Å². The summed E-state index contributed by atoms with van der Waals surface area (Å²) >= 11 is 1.51. The molecule has 3 rings (SSSR count).